The van der Waals surface area contributed by atoms with Gasteiger partial charge >= 0.3 is 23.9 Å². The van der Waals surface area contributed by atoms with Gasteiger partial charge in [-0.3, -0.25) is 9.59 Å². The molecule has 2 aliphatic rings. The Kier molecular flexibility index (Phi) is 6.49. The molecule has 0 atom stereocenters. The van der Waals surface area contributed by atoms with Crippen molar-refractivity contribution in [3.05, 3.63) is 69.8 Å². The second-order valence-corrected chi connectivity index (χ2v) is 6.20. The van der Waals surface area contributed by atoms with Crippen molar-refractivity contribution in [1.82, 2.24) is 0 Å². The number of hydrogen-bond acceptors (Lipinski definition) is 9. The van der Waals surface area contributed by atoms with Crippen LogP contribution in [-0.4, -0.2) is 42.2 Å². The Morgan fingerprint density at radius 1 is 0.710 bits per heavy atom. The third-order valence-electron chi connectivity index (χ3n) is 4.44. The van der Waals surface area contributed by atoms with E-state index in [1.54, 1.807) is 0 Å². The third kappa shape index (κ3) is 4.11. The molecule has 9 heteroatoms. The smallest absolute Gasteiger partial charge is 0.346 e. The molecule has 2 aromatic carbocycles. The van der Waals surface area contributed by atoms with E-state index in [4.69, 9.17) is 9.47 Å². The van der Waals surface area contributed by atoms with Crippen molar-refractivity contribution in [3.63, 3.8) is 0 Å². The molecule has 0 N–H and O–H groups in total. The highest BCUT2D eigenvalue weighted by atomic mass is 16.7. The average Bonchev–Trinajstić information content (AvgIpc) is 3.16. The Hall–Kier alpha value is -4.14. The number of cyclic esters (lactones) is 2. The van der Waals surface area contributed by atoms with Gasteiger partial charge in [-0.2, -0.15) is 0 Å². The number of rotatable bonds is 4. The molecule has 0 saturated carbocycles. The first-order valence-electron chi connectivity index (χ1n) is 8.30. The van der Waals surface area contributed by atoms with E-state index in [2.05, 4.69) is 4.74 Å². The average molecular weight is 426 g/mol. The minimum atomic E-state index is -0.887. The monoisotopic (exact) mass is 426 g/mol. The summed E-state index contributed by atoms with van der Waals surface area (Å²) < 4.78 is 14.1. The van der Waals surface area contributed by atoms with Gasteiger partial charge < -0.3 is 14.2 Å². The maximum Gasteiger partial charge on any atom is 0.346 e. The zero-order valence-corrected chi connectivity index (χ0v) is 14.6. The molecule has 31 heavy (non-hydrogen) atoms. The van der Waals surface area contributed by atoms with Crippen LogP contribution >= 0.6 is 0 Å². The second kappa shape index (κ2) is 8.70. The summed E-state index contributed by atoms with van der Waals surface area (Å²) in [6.45, 7) is -0.720. The molecule has 160 valence electrons. The lowest BCUT2D eigenvalue weighted by Gasteiger charge is -2.07. The van der Waals surface area contributed by atoms with E-state index >= 15 is 0 Å². The van der Waals surface area contributed by atoms with Gasteiger partial charge in [0.05, 0.1) is 28.7 Å². The molecule has 0 amide bonds. The number of Topliss-reactive ketones (excluding diaryl/α,β-unsaturated/α-hetero) is 2. The Balaban J connectivity index is 0.00000171. The Labute approximate surface area is 176 Å². The summed E-state index contributed by atoms with van der Waals surface area (Å²) >= 11 is 0. The first-order chi connectivity index (χ1) is 13.8. The van der Waals surface area contributed by atoms with Crippen LogP contribution in [0.3, 0.4) is 0 Å². The number of esters is 4. The van der Waals surface area contributed by atoms with Crippen molar-refractivity contribution in [3.8, 4) is 0 Å². The zero-order valence-electron chi connectivity index (χ0n) is 14.6. The highest BCUT2D eigenvalue weighted by Gasteiger charge is 2.31. The van der Waals surface area contributed by atoms with Crippen LogP contribution < -0.4 is 0 Å². The number of hydrogen-bond donors (Lipinski definition) is 0. The van der Waals surface area contributed by atoms with Crippen LogP contribution in [0, 0.1) is 0 Å². The summed E-state index contributed by atoms with van der Waals surface area (Å²) in [7, 11) is 0. The summed E-state index contributed by atoms with van der Waals surface area (Å²) in [6, 6.07) is 7.64. The Morgan fingerprint density at radius 2 is 1.19 bits per heavy atom. The highest BCUT2D eigenvalue weighted by Crippen LogP contribution is 2.24. The normalized spacial score (nSPS) is 13.4. The van der Waals surface area contributed by atoms with Crippen LogP contribution in [0.5, 0.6) is 0 Å². The molecule has 1 heterocycles. The first kappa shape index (κ1) is 23.1. The van der Waals surface area contributed by atoms with Crippen molar-refractivity contribution in [2.24, 2.45) is 0 Å². The number of ether oxygens (including phenoxy) is 3. The predicted molar refractivity (Wildman–Crippen MR) is 105 cm³/mol. The minimum absolute atomic E-state index is 0. The Morgan fingerprint density at radius 3 is 1.81 bits per heavy atom. The molecule has 9 nitrogen and oxygen atoms in total. The van der Waals surface area contributed by atoms with Gasteiger partial charge in [-0.05, 0) is 36.4 Å². The molecule has 0 aromatic heterocycles. The van der Waals surface area contributed by atoms with Gasteiger partial charge in [0, 0.05) is 11.1 Å². The lowest BCUT2D eigenvalue weighted by atomic mass is 10.1. The van der Waals surface area contributed by atoms with Gasteiger partial charge in [0.15, 0.2) is 11.6 Å². The molecular weight excluding hydrogens is 408 g/mol. The molecule has 0 bridgehead atoms. The Bertz CT molecular complexity index is 1050. The van der Waals surface area contributed by atoms with Crippen LogP contribution in [0.15, 0.2) is 36.4 Å². The van der Waals surface area contributed by atoms with E-state index in [1.165, 1.54) is 30.3 Å². The van der Waals surface area contributed by atoms with E-state index in [9.17, 15) is 28.8 Å². The molecule has 0 fully saturated rings. The fourth-order valence-corrected chi connectivity index (χ4v) is 3.00. The summed E-state index contributed by atoms with van der Waals surface area (Å²) in [5, 5.41) is 0. The molecule has 0 spiro atoms. The van der Waals surface area contributed by atoms with E-state index in [-0.39, 0.29) is 66.2 Å². The van der Waals surface area contributed by atoms with Crippen LogP contribution in [0.2, 0.25) is 0 Å². The SMILES string of the molecule is C.C.O=C(OCOC(=O)c1ccc2c(c1)C(=O)OC2=O)c1ccc2c(c1)C(=O)CC2=O. The van der Waals surface area contributed by atoms with E-state index in [0.29, 0.717) is 0 Å². The number of benzene rings is 2. The summed E-state index contributed by atoms with van der Waals surface area (Å²) in [5.41, 5.74) is 0.392. The molecule has 0 unspecified atom stereocenters. The molecule has 1 aliphatic heterocycles. The van der Waals surface area contributed by atoms with Crippen LogP contribution in [0.4, 0.5) is 0 Å². The molecule has 4 rings (SSSR count). The largest absolute Gasteiger partial charge is 0.424 e. The number of carbonyl (C=O) groups excluding carboxylic acids is 6. The zero-order chi connectivity index (χ0) is 20.7. The lowest BCUT2D eigenvalue weighted by molar-refractivity contribution is -0.0167. The van der Waals surface area contributed by atoms with Gasteiger partial charge in [0.1, 0.15) is 0 Å². The molecule has 0 radical (unpaired) electrons. The van der Waals surface area contributed by atoms with Gasteiger partial charge in [0.25, 0.3) is 0 Å². The van der Waals surface area contributed by atoms with Gasteiger partial charge in [-0.25, -0.2) is 19.2 Å². The van der Waals surface area contributed by atoms with E-state index in [0.717, 1.165) is 6.07 Å². The fourth-order valence-electron chi connectivity index (χ4n) is 3.00. The third-order valence-corrected chi connectivity index (χ3v) is 4.44. The lowest BCUT2D eigenvalue weighted by Crippen LogP contribution is -2.14. The maximum atomic E-state index is 12.1. The standard InChI is InChI=1S/C20H10O9.2CH4/c21-15-7-16(22)13-5-9(1-3-11(13)15)17(23)27-8-28-18(24)10-2-4-12-14(6-10)20(26)29-19(12)25;;/h1-6H,7-8H2;2*1H4. The molecule has 2 aromatic rings. The number of ketones is 2. The van der Waals surface area contributed by atoms with E-state index < -0.39 is 30.7 Å². The number of carbonyl (C=O) groups is 6. The maximum absolute atomic E-state index is 12.1. The molecule has 1 aliphatic carbocycles. The summed E-state index contributed by atoms with van der Waals surface area (Å²) in [5.74, 6) is -4.08. The van der Waals surface area contributed by atoms with Crippen molar-refractivity contribution >= 4 is 35.4 Å². The van der Waals surface area contributed by atoms with Crippen molar-refractivity contribution in [2.45, 2.75) is 21.3 Å². The van der Waals surface area contributed by atoms with Crippen molar-refractivity contribution in [2.75, 3.05) is 6.79 Å². The molecular formula is C22H18O9. The van der Waals surface area contributed by atoms with E-state index in [1.807, 2.05) is 0 Å². The summed E-state index contributed by atoms with van der Waals surface area (Å²) in [6.07, 6.45) is -0.231. The van der Waals surface area contributed by atoms with Gasteiger partial charge in [-0.1, -0.05) is 14.9 Å². The minimum Gasteiger partial charge on any atom is -0.424 e. The molecule has 0 saturated heterocycles. The first-order valence-corrected chi connectivity index (χ1v) is 8.30. The fraction of sp³-hybridized carbons (Fsp3) is 0.182. The predicted octanol–water partition coefficient (Wildman–Crippen LogP) is 3.01. The highest BCUT2D eigenvalue weighted by molar-refractivity contribution is 6.24. The van der Waals surface area contributed by atoms with Gasteiger partial charge in [0.2, 0.25) is 6.79 Å². The second-order valence-electron chi connectivity index (χ2n) is 6.20. The van der Waals surface area contributed by atoms with Crippen molar-refractivity contribution in [1.29, 1.82) is 0 Å². The number of fused-ring (bicyclic) bond motifs is 2. The summed E-state index contributed by atoms with van der Waals surface area (Å²) in [4.78, 5) is 70.4. The van der Waals surface area contributed by atoms with Gasteiger partial charge in [-0.15, -0.1) is 0 Å². The van der Waals surface area contributed by atoms with Crippen LogP contribution in [0.25, 0.3) is 0 Å². The van der Waals surface area contributed by atoms with Crippen LogP contribution in [-0.2, 0) is 14.2 Å². The van der Waals surface area contributed by atoms with Crippen LogP contribution in [0.1, 0.15) is 83.4 Å². The topological polar surface area (TPSA) is 130 Å². The quantitative estimate of drug-likeness (QED) is 0.411. The van der Waals surface area contributed by atoms with Crippen molar-refractivity contribution < 1.29 is 43.0 Å².